The van der Waals surface area contributed by atoms with Crippen LogP contribution in [0.2, 0.25) is 0 Å². The van der Waals surface area contributed by atoms with E-state index in [9.17, 15) is 18.3 Å². The predicted molar refractivity (Wildman–Crippen MR) is 192 cm³/mol. The van der Waals surface area contributed by atoms with Crippen LogP contribution in [0.25, 0.3) is 22.5 Å². The van der Waals surface area contributed by atoms with Gasteiger partial charge in [0.25, 0.3) is 10.0 Å². The molecule has 0 radical (unpaired) electrons. The summed E-state index contributed by atoms with van der Waals surface area (Å²) in [5.74, 6) is -0.282. The van der Waals surface area contributed by atoms with E-state index in [2.05, 4.69) is 38.8 Å². The molecule has 2 aliphatic rings. The number of aromatic nitrogens is 4. The maximum absolute atomic E-state index is 13.4. The van der Waals surface area contributed by atoms with E-state index < -0.39 is 16.0 Å². The van der Waals surface area contributed by atoms with E-state index >= 15 is 0 Å². The van der Waals surface area contributed by atoms with Crippen molar-refractivity contribution in [3.63, 3.8) is 0 Å². The molecule has 5 aromatic rings. The molecule has 0 spiro atoms. The van der Waals surface area contributed by atoms with Gasteiger partial charge < -0.3 is 19.6 Å². The summed E-state index contributed by atoms with van der Waals surface area (Å²) in [5, 5.41) is 13.0. The Bertz CT molecular complexity index is 2210. The van der Waals surface area contributed by atoms with Crippen molar-refractivity contribution in [1.29, 1.82) is 0 Å². The van der Waals surface area contributed by atoms with Crippen molar-refractivity contribution >= 4 is 33.2 Å². The Hall–Kier alpha value is -4.88. The number of sulfonamides is 1. The molecule has 0 bridgehead atoms. The fourth-order valence-corrected chi connectivity index (χ4v) is 7.69. The zero-order valence-electron chi connectivity index (χ0n) is 29.2. The largest absolute Gasteiger partial charge is 0.478 e. The number of aromatic carboxylic acids is 1. The van der Waals surface area contributed by atoms with Crippen LogP contribution in [0.1, 0.15) is 85.3 Å². The minimum atomic E-state index is -4.24. The van der Waals surface area contributed by atoms with E-state index in [0.717, 1.165) is 71.8 Å². The highest BCUT2D eigenvalue weighted by atomic mass is 32.2. The molecule has 1 unspecified atom stereocenters. The monoisotopic (exact) mass is 710 g/mol. The van der Waals surface area contributed by atoms with Gasteiger partial charge in [-0.3, -0.25) is 0 Å². The number of fused-ring (bicyclic) bond motifs is 1. The highest BCUT2D eigenvalue weighted by molar-refractivity contribution is 7.92. The number of nitrogens with zero attached hydrogens (tertiary/aromatic N) is 4. The summed E-state index contributed by atoms with van der Waals surface area (Å²) < 4.78 is 41.7. The SMILES string of the molecule is Cc1cccc(C)c1-c1cc(OCC(CC2(C)CC2)NCc2cnc3oc(C4(C)CCC4)cc3n2)nc(NS(=O)(=O)c2cccc(C(=O)O)c2)n1. The molecule has 2 fully saturated rings. The van der Waals surface area contributed by atoms with Gasteiger partial charge >= 0.3 is 5.97 Å². The molecule has 12 nitrogen and oxygen atoms in total. The van der Waals surface area contributed by atoms with Crippen LogP contribution in [0, 0.1) is 19.3 Å². The highest BCUT2D eigenvalue weighted by Gasteiger charge is 2.39. The Labute approximate surface area is 297 Å². The number of carboxylic acids is 1. The Morgan fingerprint density at radius 2 is 1.75 bits per heavy atom. The highest BCUT2D eigenvalue weighted by Crippen LogP contribution is 2.49. The first-order valence-electron chi connectivity index (χ1n) is 17.2. The van der Waals surface area contributed by atoms with Gasteiger partial charge in [0.15, 0.2) is 0 Å². The number of aryl methyl sites for hydroxylation is 2. The van der Waals surface area contributed by atoms with Crippen LogP contribution < -0.4 is 14.8 Å². The number of anilines is 1. The second-order valence-electron chi connectivity index (χ2n) is 14.6. The van der Waals surface area contributed by atoms with Crippen LogP contribution in [0.15, 0.2) is 70.1 Å². The van der Waals surface area contributed by atoms with Crippen molar-refractivity contribution in [3.05, 3.63) is 88.9 Å². The fraction of sp³-hybridized carbons (Fsp3) is 0.395. The van der Waals surface area contributed by atoms with Crippen molar-refractivity contribution in [3.8, 4) is 17.1 Å². The molecule has 2 saturated carbocycles. The summed E-state index contributed by atoms with van der Waals surface area (Å²) in [6.45, 7) is 9.14. The lowest BCUT2D eigenvalue weighted by Gasteiger charge is -2.35. The first-order valence-corrected chi connectivity index (χ1v) is 18.7. The maximum Gasteiger partial charge on any atom is 0.335 e. The molecule has 266 valence electrons. The summed E-state index contributed by atoms with van der Waals surface area (Å²) in [7, 11) is -4.24. The first-order chi connectivity index (χ1) is 24.3. The van der Waals surface area contributed by atoms with E-state index in [1.165, 1.54) is 24.6 Å². The van der Waals surface area contributed by atoms with Crippen molar-refractivity contribution in [2.45, 2.75) is 89.1 Å². The summed E-state index contributed by atoms with van der Waals surface area (Å²) in [6, 6.07) is 14.6. The van der Waals surface area contributed by atoms with Crippen LogP contribution in [-0.2, 0) is 22.0 Å². The second-order valence-corrected chi connectivity index (χ2v) is 16.3. The third kappa shape index (κ3) is 7.59. The van der Waals surface area contributed by atoms with Crippen LogP contribution in [0.5, 0.6) is 5.88 Å². The molecule has 2 aromatic carbocycles. The third-order valence-corrected chi connectivity index (χ3v) is 11.6. The summed E-state index contributed by atoms with van der Waals surface area (Å²) in [6.07, 6.45) is 8.29. The standard InChI is InChI=1S/C38H42N6O6S/c1-23-8-5-9-24(2)33(23)29-18-32(43-36(42-29)44-51(47,48)28-11-6-10-25(16-28)35(45)46)49-22-26(19-37(3)14-15-37)39-20-27-21-40-34-30(41-27)17-31(50-34)38(4)12-7-13-38/h5-6,8-11,16-18,21,26,39H,7,12-15,19-20,22H2,1-4H3,(H,45,46)(H,42,43,44). The average molecular weight is 711 g/mol. The van der Waals surface area contributed by atoms with Gasteiger partial charge in [-0.2, -0.15) is 4.98 Å². The molecule has 51 heavy (non-hydrogen) atoms. The van der Waals surface area contributed by atoms with Gasteiger partial charge in [0.05, 0.1) is 28.0 Å². The number of hydrogen-bond acceptors (Lipinski definition) is 10. The number of nitrogens with one attached hydrogen (secondary N) is 2. The second kappa shape index (κ2) is 13.3. The summed E-state index contributed by atoms with van der Waals surface area (Å²) >= 11 is 0. The fourth-order valence-electron chi connectivity index (χ4n) is 6.70. The minimum Gasteiger partial charge on any atom is -0.478 e. The van der Waals surface area contributed by atoms with Gasteiger partial charge in [0.2, 0.25) is 17.5 Å². The van der Waals surface area contributed by atoms with E-state index in [4.69, 9.17) is 14.1 Å². The molecule has 0 aliphatic heterocycles. The summed E-state index contributed by atoms with van der Waals surface area (Å²) in [4.78, 5) is 29.7. The van der Waals surface area contributed by atoms with Crippen molar-refractivity contribution in [2.24, 2.45) is 5.41 Å². The molecule has 3 aromatic heterocycles. The van der Waals surface area contributed by atoms with Gasteiger partial charge in [-0.1, -0.05) is 44.5 Å². The van der Waals surface area contributed by atoms with Gasteiger partial charge in [0.1, 0.15) is 17.9 Å². The molecule has 13 heteroatoms. The lowest BCUT2D eigenvalue weighted by Crippen LogP contribution is -2.36. The zero-order valence-corrected chi connectivity index (χ0v) is 30.0. The van der Waals surface area contributed by atoms with E-state index in [0.29, 0.717) is 18.0 Å². The van der Waals surface area contributed by atoms with E-state index in [1.807, 2.05) is 38.1 Å². The normalized spacial score (nSPS) is 16.7. The number of furan rings is 1. The Balaban J connectivity index is 1.13. The Morgan fingerprint density at radius 3 is 2.43 bits per heavy atom. The first kappa shape index (κ1) is 34.6. The van der Waals surface area contributed by atoms with Crippen LogP contribution in [0.4, 0.5) is 5.95 Å². The number of benzene rings is 2. The Kier molecular flexibility index (Phi) is 9.05. The van der Waals surface area contributed by atoms with Crippen LogP contribution >= 0.6 is 0 Å². The Morgan fingerprint density at radius 1 is 1.00 bits per heavy atom. The number of carbonyl (C=O) groups is 1. The minimum absolute atomic E-state index is 0.0622. The lowest BCUT2D eigenvalue weighted by atomic mass is 9.69. The quantitative estimate of drug-likeness (QED) is 0.109. The molecule has 1 atom stereocenters. The number of rotatable bonds is 14. The van der Waals surface area contributed by atoms with E-state index in [1.54, 1.807) is 12.3 Å². The van der Waals surface area contributed by atoms with Crippen molar-refractivity contribution in [2.75, 3.05) is 11.3 Å². The summed E-state index contributed by atoms with van der Waals surface area (Å²) in [5.41, 5.74) is 5.44. The molecule has 0 saturated heterocycles. The molecule has 2 aliphatic carbocycles. The van der Waals surface area contributed by atoms with Crippen LogP contribution in [-0.4, -0.2) is 52.1 Å². The predicted octanol–water partition coefficient (Wildman–Crippen LogP) is 6.96. The molecule has 0 amide bonds. The zero-order chi connectivity index (χ0) is 36.0. The number of hydrogen-bond donors (Lipinski definition) is 3. The molecule has 7 rings (SSSR count). The van der Waals surface area contributed by atoms with Gasteiger partial charge in [-0.15, -0.1) is 0 Å². The molecule has 3 N–H and O–H groups in total. The third-order valence-electron chi connectivity index (χ3n) is 10.2. The topological polar surface area (TPSA) is 169 Å². The smallest absolute Gasteiger partial charge is 0.335 e. The van der Waals surface area contributed by atoms with E-state index in [-0.39, 0.29) is 45.8 Å². The van der Waals surface area contributed by atoms with Crippen molar-refractivity contribution < 1.29 is 27.5 Å². The van der Waals surface area contributed by atoms with Gasteiger partial charge in [0, 0.05) is 35.7 Å². The number of carboxylic acid groups (broad SMARTS) is 1. The van der Waals surface area contributed by atoms with Gasteiger partial charge in [-0.05, 0) is 80.7 Å². The van der Waals surface area contributed by atoms with Crippen molar-refractivity contribution in [1.82, 2.24) is 25.3 Å². The number of ether oxygens (including phenoxy) is 1. The van der Waals surface area contributed by atoms with Gasteiger partial charge in [-0.25, -0.2) is 32.9 Å². The molecule has 3 heterocycles. The molecular weight excluding hydrogens is 669 g/mol. The lowest BCUT2D eigenvalue weighted by molar-refractivity contribution is 0.0696. The maximum atomic E-state index is 13.4. The average Bonchev–Trinajstić information content (AvgIpc) is 3.64. The van der Waals surface area contributed by atoms with Crippen LogP contribution in [0.3, 0.4) is 0 Å². The molecular formula is C38H42N6O6S.